The van der Waals surface area contributed by atoms with E-state index in [1.165, 1.54) is 23.9 Å². The number of halogens is 1. The highest BCUT2D eigenvalue weighted by Gasteiger charge is 2.08. The van der Waals surface area contributed by atoms with Gasteiger partial charge in [-0.05, 0) is 24.3 Å². The highest BCUT2D eigenvalue weighted by Crippen LogP contribution is 2.19. The number of Topliss-reactive ketones (excluding diaryl/α,β-unsaturated/α-hetero) is 1. The van der Waals surface area contributed by atoms with Gasteiger partial charge in [-0.2, -0.15) is 5.10 Å². The van der Waals surface area contributed by atoms with Crippen molar-refractivity contribution in [1.82, 2.24) is 9.78 Å². The van der Waals surface area contributed by atoms with Crippen molar-refractivity contribution in [3.05, 3.63) is 48.0 Å². The number of rotatable bonds is 4. The number of thioether (sulfide) groups is 1. The predicted octanol–water partition coefficient (Wildman–Crippen LogP) is 2.53. The van der Waals surface area contributed by atoms with Crippen LogP contribution in [-0.2, 0) is 7.05 Å². The average Bonchev–Trinajstić information content (AvgIpc) is 2.75. The molecule has 0 unspecified atom stereocenters. The molecule has 0 radical (unpaired) electrons. The second kappa shape index (κ2) is 5.14. The molecule has 0 spiro atoms. The van der Waals surface area contributed by atoms with Gasteiger partial charge in [-0.1, -0.05) is 0 Å². The van der Waals surface area contributed by atoms with E-state index in [9.17, 15) is 9.18 Å². The highest BCUT2D eigenvalue weighted by molar-refractivity contribution is 8.00. The number of ketones is 1. The number of aryl methyl sites for hydroxylation is 1. The van der Waals surface area contributed by atoms with Gasteiger partial charge in [0.25, 0.3) is 0 Å². The van der Waals surface area contributed by atoms with Crippen molar-refractivity contribution < 1.29 is 9.18 Å². The average molecular weight is 250 g/mol. The molecule has 0 saturated carbocycles. The fourth-order valence-electron chi connectivity index (χ4n) is 1.33. The van der Waals surface area contributed by atoms with Crippen molar-refractivity contribution in [2.24, 2.45) is 7.05 Å². The molecular weight excluding hydrogens is 239 g/mol. The zero-order chi connectivity index (χ0) is 12.3. The molecule has 5 heteroatoms. The molecule has 3 nitrogen and oxygen atoms in total. The normalized spacial score (nSPS) is 10.5. The summed E-state index contributed by atoms with van der Waals surface area (Å²) in [6.07, 6.45) is 3.24. The molecule has 0 N–H and O–H groups in total. The minimum Gasteiger partial charge on any atom is -0.293 e. The Kier molecular flexibility index (Phi) is 3.58. The second-order valence-corrected chi connectivity index (χ2v) is 4.62. The van der Waals surface area contributed by atoms with E-state index in [-0.39, 0.29) is 11.6 Å². The van der Waals surface area contributed by atoms with Crippen LogP contribution < -0.4 is 0 Å². The molecule has 1 heterocycles. The molecule has 0 aliphatic carbocycles. The summed E-state index contributed by atoms with van der Waals surface area (Å²) in [6, 6.07) is 6.10. The maximum absolute atomic E-state index is 12.7. The summed E-state index contributed by atoms with van der Waals surface area (Å²) in [4.78, 5) is 12.6. The Balaban J connectivity index is 1.94. The molecule has 2 aromatic rings. The van der Waals surface area contributed by atoms with Crippen LogP contribution in [0.2, 0.25) is 0 Å². The van der Waals surface area contributed by atoms with Crippen LogP contribution in [0.5, 0.6) is 0 Å². The smallest absolute Gasteiger partial charge is 0.176 e. The van der Waals surface area contributed by atoms with Crippen molar-refractivity contribution in [3.63, 3.8) is 0 Å². The van der Waals surface area contributed by atoms with Crippen molar-refractivity contribution in [3.8, 4) is 0 Å². The van der Waals surface area contributed by atoms with Crippen LogP contribution in [-0.4, -0.2) is 21.3 Å². The van der Waals surface area contributed by atoms with Gasteiger partial charge in [-0.15, -0.1) is 11.8 Å². The molecule has 88 valence electrons. The quantitative estimate of drug-likeness (QED) is 0.618. The second-order valence-electron chi connectivity index (χ2n) is 3.57. The number of aromatic nitrogens is 2. The SMILES string of the molecule is Cn1cc(C(=O)CSc2ccc(F)cc2)cn1. The third-order valence-corrected chi connectivity index (χ3v) is 3.22. The fraction of sp³-hybridized carbons (Fsp3) is 0.167. The molecule has 1 aromatic carbocycles. The van der Waals surface area contributed by atoms with Gasteiger partial charge in [0, 0.05) is 18.1 Å². The van der Waals surface area contributed by atoms with Crippen LogP contribution in [0.4, 0.5) is 4.39 Å². The van der Waals surface area contributed by atoms with Crippen LogP contribution >= 0.6 is 11.8 Å². The molecule has 0 aliphatic rings. The molecule has 1 aromatic heterocycles. The number of nitrogens with zero attached hydrogens (tertiary/aromatic N) is 2. The summed E-state index contributed by atoms with van der Waals surface area (Å²) in [6.45, 7) is 0. The van der Waals surface area contributed by atoms with Crippen molar-refractivity contribution in [1.29, 1.82) is 0 Å². The number of hydrogen-bond acceptors (Lipinski definition) is 3. The third-order valence-electron chi connectivity index (χ3n) is 2.21. The van der Waals surface area contributed by atoms with Crippen molar-refractivity contribution >= 4 is 17.5 Å². The van der Waals surface area contributed by atoms with Gasteiger partial charge in [-0.3, -0.25) is 9.48 Å². The molecule has 0 amide bonds. The van der Waals surface area contributed by atoms with Crippen LogP contribution in [0.25, 0.3) is 0 Å². The first kappa shape index (κ1) is 11.9. The lowest BCUT2D eigenvalue weighted by Gasteiger charge is -1.99. The molecule has 0 saturated heterocycles. The Labute approximate surface area is 103 Å². The number of hydrogen-bond donors (Lipinski definition) is 0. The monoisotopic (exact) mass is 250 g/mol. The zero-order valence-corrected chi connectivity index (χ0v) is 10.1. The maximum Gasteiger partial charge on any atom is 0.176 e. The van der Waals surface area contributed by atoms with E-state index in [1.54, 1.807) is 36.3 Å². The van der Waals surface area contributed by atoms with E-state index in [0.29, 0.717) is 11.3 Å². The Morgan fingerprint density at radius 3 is 2.71 bits per heavy atom. The van der Waals surface area contributed by atoms with Crippen molar-refractivity contribution in [2.75, 3.05) is 5.75 Å². The Morgan fingerprint density at radius 1 is 1.41 bits per heavy atom. The first-order valence-corrected chi connectivity index (χ1v) is 6.04. The molecule has 0 fully saturated rings. The lowest BCUT2D eigenvalue weighted by molar-refractivity contribution is 0.102. The van der Waals surface area contributed by atoms with Gasteiger partial charge in [0.1, 0.15) is 5.82 Å². The molecule has 0 aliphatic heterocycles. The summed E-state index contributed by atoms with van der Waals surface area (Å²) >= 11 is 1.39. The molecule has 0 bridgehead atoms. The first-order chi connectivity index (χ1) is 8.15. The van der Waals surface area contributed by atoms with Crippen LogP contribution in [0.1, 0.15) is 10.4 Å². The lowest BCUT2D eigenvalue weighted by Crippen LogP contribution is -2.00. The standard InChI is InChI=1S/C12H11FN2OS/c1-15-7-9(6-14-15)12(16)8-17-11-4-2-10(13)3-5-11/h2-7H,8H2,1H3. The maximum atomic E-state index is 12.7. The summed E-state index contributed by atoms with van der Waals surface area (Å²) in [7, 11) is 1.77. The minimum absolute atomic E-state index is 0.0208. The molecular formula is C12H11FN2OS. The van der Waals surface area contributed by atoms with Crippen LogP contribution in [0.15, 0.2) is 41.6 Å². The van der Waals surface area contributed by atoms with Crippen molar-refractivity contribution in [2.45, 2.75) is 4.90 Å². The Morgan fingerprint density at radius 2 is 2.12 bits per heavy atom. The van der Waals surface area contributed by atoms with Gasteiger partial charge in [-0.25, -0.2) is 4.39 Å². The minimum atomic E-state index is -0.270. The third kappa shape index (κ3) is 3.17. The van der Waals surface area contributed by atoms with E-state index in [2.05, 4.69) is 5.10 Å². The predicted molar refractivity (Wildman–Crippen MR) is 64.7 cm³/mol. The summed E-state index contributed by atoms with van der Waals surface area (Å²) < 4.78 is 14.3. The molecule has 2 rings (SSSR count). The van der Waals surface area contributed by atoms with Gasteiger partial charge >= 0.3 is 0 Å². The van der Waals surface area contributed by atoms with Crippen LogP contribution in [0, 0.1) is 5.82 Å². The van der Waals surface area contributed by atoms with E-state index in [1.807, 2.05) is 0 Å². The highest BCUT2D eigenvalue weighted by atomic mass is 32.2. The number of carbonyl (C=O) groups excluding carboxylic acids is 1. The van der Waals surface area contributed by atoms with E-state index in [4.69, 9.17) is 0 Å². The summed E-state index contributed by atoms with van der Waals surface area (Å²) in [5, 5.41) is 3.94. The van der Waals surface area contributed by atoms with Gasteiger partial charge in [0.05, 0.1) is 17.5 Å². The van der Waals surface area contributed by atoms with E-state index < -0.39 is 0 Å². The molecule has 0 atom stereocenters. The lowest BCUT2D eigenvalue weighted by atomic mass is 10.3. The van der Waals surface area contributed by atoms with E-state index >= 15 is 0 Å². The first-order valence-electron chi connectivity index (χ1n) is 5.05. The Hall–Kier alpha value is -1.62. The van der Waals surface area contributed by atoms with Gasteiger partial charge in [0.2, 0.25) is 0 Å². The summed E-state index contributed by atoms with van der Waals surface area (Å²) in [5.74, 6) is 0.0810. The zero-order valence-electron chi connectivity index (χ0n) is 9.26. The molecule has 17 heavy (non-hydrogen) atoms. The van der Waals surface area contributed by atoms with Crippen LogP contribution in [0.3, 0.4) is 0 Å². The largest absolute Gasteiger partial charge is 0.293 e. The van der Waals surface area contributed by atoms with Gasteiger partial charge in [0.15, 0.2) is 5.78 Å². The fourth-order valence-corrected chi connectivity index (χ4v) is 2.12. The van der Waals surface area contributed by atoms with E-state index in [0.717, 1.165) is 4.90 Å². The Bertz CT molecular complexity index is 522. The summed E-state index contributed by atoms with van der Waals surface area (Å²) in [5.41, 5.74) is 0.599. The van der Waals surface area contributed by atoms with Gasteiger partial charge < -0.3 is 0 Å². The number of carbonyl (C=O) groups is 1. The topological polar surface area (TPSA) is 34.9 Å². The number of benzene rings is 1.